The highest BCUT2D eigenvalue weighted by molar-refractivity contribution is 9.10. The van der Waals surface area contributed by atoms with E-state index in [1.54, 1.807) is 23.6 Å². The van der Waals surface area contributed by atoms with Gasteiger partial charge in [-0.05, 0) is 34.1 Å². The number of hydrogen-bond acceptors (Lipinski definition) is 4. The number of benzene rings is 1. The van der Waals surface area contributed by atoms with E-state index < -0.39 is 0 Å². The van der Waals surface area contributed by atoms with E-state index in [9.17, 15) is 4.79 Å². The summed E-state index contributed by atoms with van der Waals surface area (Å²) < 4.78 is 0.776. The van der Waals surface area contributed by atoms with Gasteiger partial charge in [0.2, 0.25) is 5.91 Å². The lowest BCUT2D eigenvalue weighted by Gasteiger charge is -2.06. The molecule has 1 amide bonds. The lowest BCUT2D eigenvalue weighted by molar-refractivity contribution is -0.115. The van der Waals surface area contributed by atoms with Gasteiger partial charge in [-0.15, -0.1) is 11.3 Å². The Morgan fingerprint density at radius 1 is 1.56 bits per heavy atom. The summed E-state index contributed by atoms with van der Waals surface area (Å²) >= 11 is 10.5. The molecule has 3 N–H and O–H groups in total. The molecule has 1 heterocycles. The summed E-state index contributed by atoms with van der Waals surface area (Å²) in [6, 6.07) is 5.19. The number of nitrogen functional groups attached to an aromatic ring is 1. The maximum atomic E-state index is 11.8. The van der Waals surface area contributed by atoms with Gasteiger partial charge in [0.1, 0.15) is 0 Å². The van der Waals surface area contributed by atoms with Gasteiger partial charge in [-0.25, -0.2) is 4.98 Å². The topological polar surface area (TPSA) is 68.0 Å². The summed E-state index contributed by atoms with van der Waals surface area (Å²) in [6.45, 7) is 0. The molecule has 0 bridgehead atoms. The summed E-state index contributed by atoms with van der Waals surface area (Å²) in [4.78, 5) is 15.8. The van der Waals surface area contributed by atoms with Crippen LogP contribution in [0.5, 0.6) is 0 Å². The number of amides is 1. The minimum Gasteiger partial charge on any atom is -0.375 e. The van der Waals surface area contributed by atoms with Crippen molar-refractivity contribution in [1.29, 1.82) is 0 Å². The fourth-order valence-corrected chi connectivity index (χ4v) is 2.44. The molecule has 1 aromatic carbocycles. The summed E-state index contributed by atoms with van der Waals surface area (Å²) in [5.74, 6) is -0.164. The van der Waals surface area contributed by atoms with Crippen LogP contribution in [0, 0.1) is 0 Å². The smallest absolute Gasteiger partial charge is 0.230 e. The van der Waals surface area contributed by atoms with Gasteiger partial charge in [-0.1, -0.05) is 11.6 Å². The number of carbonyl (C=O) groups excluding carboxylic acids is 1. The van der Waals surface area contributed by atoms with E-state index >= 15 is 0 Å². The maximum Gasteiger partial charge on any atom is 0.230 e. The van der Waals surface area contributed by atoms with E-state index in [0.29, 0.717) is 21.5 Å². The normalized spacial score (nSPS) is 10.3. The minimum absolute atomic E-state index is 0.164. The van der Waals surface area contributed by atoms with Crippen molar-refractivity contribution in [1.82, 2.24) is 4.98 Å². The molecule has 1 aromatic heterocycles. The third-order valence-electron chi connectivity index (χ3n) is 2.11. The van der Waals surface area contributed by atoms with Crippen LogP contribution in [0.3, 0.4) is 0 Å². The average molecular weight is 347 g/mol. The van der Waals surface area contributed by atoms with Gasteiger partial charge in [0.25, 0.3) is 0 Å². The minimum atomic E-state index is -0.164. The van der Waals surface area contributed by atoms with Gasteiger partial charge in [-0.3, -0.25) is 4.79 Å². The van der Waals surface area contributed by atoms with Gasteiger partial charge in [-0.2, -0.15) is 0 Å². The highest BCUT2D eigenvalue weighted by atomic mass is 79.9. The zero-order valence-electron chi connectivity index (χ0n) is 9.11. The van der Waals surface area contributed by atoms with Gasteiger partial charge >= 0.3 is 0 Å². The van der Waals surface area contributed by atoms with Crippen LogP contribution in [-0.4, -0.2) is 10.9 Å². The predicted octanol–water partition coefficient (Wildman–Crippen LogP) is 3.32. The van der Waals surface area contributed by atoms with Crippen LogP contribution in [0.25, 0.3) is 0 Å². The number of halogens is 2. The Hall–Kier alpha value is -1.11. The van der Waals surface area contributed by atoms with Crippen molar-refractivity contribution in [2.45, 2.75) is 6.42 Å². The molecule has 2 aromatic rings. The number of nitrogens with two attached hydrogens (primary N) is 1. The molecule has 4 nitrogen and oxygen atoms in total. The van der Waals surface area contributed by atoms with Gasteiger partial charge in [0.05, 0.1) is 17.8 Å². The van der Waals surface area contributed by atoms with Crippen LogP contribution >= 0.6 is 38.9 Å². The molecule has 0 saturated carbocycles. The second-order valence-electron chi connectivity index (χ2n) is 3.53. The zero-order chi connectivity index (χ0) is 13.1. The lowest BCUT2D eigenvalue weighted by Crippen LogP contribution is -2.15. The molecule has 0 aliphatic carbocycles. The van der Waals surface area contributed by atoms with Crippen molar-refractivity contribution < 1.29 is 4.79 Å². The van der Waals surface area contributed by atoms with E-state index in [0.717, 1.165) is 4.47 Å². The SMILES string of the molecule is Nc1nc(CC(=O)Nc2cc(Cl)ccc2Br)cs1. The van der Waals surface area contributed by atoms with E-state index in [4.69, 9.17) is 17.3 Å². The Balaban J connectivity index is 2.05. The zero-order valence-corrected chi connectivity index (χ0v) is 12.3. The largest absolute Gasteiger partial charge is 0.375 e. The van der Waals surface area contributed by atoms with Crippen molar-refractivity contribution in [3.63, 3.8) is 0 Å². The molecule has 7 heteroatoms. The Morgan fingerprint density at radius 3 is 3.00 bits per heavy atom. The fourth-order valence-electron chi connectivity index (χ4n) is 1.36. The number of aromatic nitrogens is 1. The quantitative estimate of drug-likeness (QED) is 0.896. The summed E-state index contributed by atoms with van der Waals surface area (Å²) in [7, 11) is 0. The molecule has 0 spiro atoms. The highest BCUT2D eigenvalue weighted by Crippen LogP contribution is 2.26. The van der Waals surface area contributed by atoms with Crippen molar-refractivity contribution in [2.24, 2.45) is 0 Å². The Kier molecular flexibility index (Phi) is 4.21. The molecule has 18 heavy (non-hydrogen) atoms. The van der Waals surface area contributed by atoms with Crippen molar-refractivity contribution >= 4 is 55.6 Å². The first-order valence-electron chi connectivity index (χ1n) is 4.99. The van der Waals surface area contributed by atoms with E-state index in [1.165, 1.54) is 11.3 Å². The molecule has 0 unspecified atom stereocenters. The van der Waals surface area contributed by atoms with Gasteiger partial charge in [0.15, 0.2) is 5.13 Å². The molecular formula is C11H9BrClN3OS. The van der Waals surface area contributed by atoms with E-state index in [2.05, 4.69) is 26.2 Å². The number of anilines is 2. The number of thiazole rings is 1. The fraction of sp³-hybridized carbons (Fsp3) is 0.0909. The van der Waals surface area contributed by atoms with Gasteiger partial charge in [0, 0.05) is 14.9 Å². The van der Waals surface area contributed by atoms with Crippen LogP contribution in [-0.2, 0) is 11.2 Å². The number of rotatable bonds is 3. The number of carbonyl (C=O) groups is 1. The summed E-state index contributed by atoms with van der Waals surface area (Å²) in [6.07, 6.45) is 0.187. The molecular weight excluding hydrogens is 338 g/mol. The van der Waals surface area contributed by atoms with Crippen molar-refractivity contribution in [3.05, 3.63) is 38.8 Å². The van der Waals surface area contributed by atoms with Crippen molar-refractivity contribution in [3.8, 4) is 0 Å². The summed E-state index contributed by atoms with van der Waals surface area (Å²) in [5.41, 5.74) is 6.80. The lowest BCUT2D eigenvalue weighted by atomic mass is 10.3. The average Bonchev–Trinajstić information content (AvgIpc) is 2.69. The Labute approximate surface area is 121 Å². The van der Waals surface area contributed by atoms with Crippen LogP contribution in [0.1, 0.15) is 5.69 Å². The standard InChI is InChI=1S/C11H9BrClN3OS/c12-8-2-1-6(13)3-9(8)16-10(17)4-7-5-18-11(14)15-7/h1-3,5H,4H2,(H2,14,15)(H,16,17). The summed E-state index contributed by atoms with van der Waals surface area (Å²) in [5, 5.41) is 5.55. The molecule has 0 fully saturated rings. The monoisotopic (exact) mass is 345 g/mol. The third-order valence-corrected chi connectivity index (χ3v) is 3.76. The molecule has 0 atom stereocenters. The van der Waals surface area contributed by atoms with Gasteiger partial charge < -0.3 is 11.1 Å². The molecule has 94 valence electrons. The first-order valence-corrected chi connectivity index (χ1v) is 7.04. The number of nitrogens with one attached hydrogen (secondary N) is 1. The molecule has 0 saturated heterocycles. The van der Waals surface area contributed by atoms with Crippen LogP contribution < -0.4 is 11.1 Å². The second kappa shape index (κ2) is 5.69. The molecule has 2 rings (SSSR count). The molecule has 0 radical (unpaired) electrons. The Morgan fingerprint density at radius 2 is 2.33 bits per heavy atom. The third kappa shape index (κ3) is 3.44. The first kappa shape index (κ1) is 13.3. The van der Waals surface area contributed by atoms with Crippen LogP contribution in [0.15, 0.2) is 28.1 Å². The maximum absolute atomic E-state index is 11.8. The Bertz CT molecular complexity index is 587. The van der Waals surface area contributed by atoms with Crippen molar-refractivity contribution in [2.75, 3.05) is 11.1 Å². The first-order chi connectivity index (χ1) is 8.54. The second-order valence-corrected chi connectivity index (χ2v) is 5.71. The number of hydrogen-bond donors (Lipinski definition) is 2. The van der Waals surface area contributed by atoms with Crippen LogP contribution in [0.2, 0.25) is 5.02 Å². The molecule has 0 aliphatic rings. The highest BCUT2D eigenvalue weighted by Gasteiger charge is 2.09. The number of nitrogens with zero attached hydrogens (tertiary/aromatic N) is 1. The van der Waals surface area contributed by atoms with E-state index in [-0.39, 0.29) is 12.3 Å². The van der Waals surface area contributed by atoms with Crippen LogP contribution in [0.4, 0.5) is 10.8 Å². The van der Waals surface area contributed by atoms with E-state index in [1.807, 2.05) is 0 Å². The molecule has 0 aliphatic heterocycles. The predicted molar refractivity (Wildman–Crippen MR) is 78.0 cm³/mol.